The van der Waals surface area contributed by atoms with Gasteiger partial charge in [0.1, 0.15) is 6.04 Å². The van der Waals surface area contributed by atoms with Gasteiger partial charge < -0.3 is 9.84 Å². The number of ether oxygens (including phenoxy) is 1. The van der Waals surface area contributed by atoms with Crippen molar-refractivity contribution in [2.45, 2.75) is 19.9 Å². The van der Waals surface area contributed by atoms with Gasteiger partial charge in [-0.1, -0.05) is 18.2 Å². The summed E-state index contributed by atoms with van der Waals surface area (Å²) in [7, 11) is 0. The third-order valence-electron chi connectivity index (χ3n) is 2.59. The quantitative estimate of drug-likeness (QED) is 0.662. The molecule has 0 spiro atoms. The highest BCUT2D eigenvalue weighted by atomic mass is 16.6. The topological polar surface area (TPSA) is 83.9 Å². The Balaban J connectivity index is 2.73. The molecule has 0 aliphatic carbocycles. The fourth-order valence-electron chi connectivity index (χ4n) is 1.47. The summed E-state index contributed by atoms with van der Waals surface area (Å²) in [5.74, 6) is -1.97. The third-order valence-corrected chi connectivity index (χ3v) is 2.59. The molecule has 1 aromatic carbocycles. The van der Waals surface area contributed by atoms with Crippen molar-refractivity contribution in [1.82, 2.24) is 4.90 Å². The lowest BCUT2D eigenvalue weighted by molar-refractivity contribution is -0.141. The molecular weight excluding hydrogens is 250 g/mol. The smallest absolute Gasteiger partial charge is 0.418 e. The largest absolute Gasteiger partial charge is 0.480 e. The second kappa shape index (κ2) is 6.53. The molecule has 6 heteroatoms. The highest BCUT2D eigenvalue weighted by Gasteiger charge is 2.27. The van der Waals surface area contributed by atoms with Crippen molar-refractivity contribution in [2.24, 2.45) is 0 Å². The zero-order chi connectivity index (χ0) is 14.4. The minimum absolute atomic E-state index is 0.133. The average Bonchev–Trinajstić information content (AvgIpc) is 2.40. The third kappa shape index (κ3) is 3.80. The second-order valence-corrected chi connectivity index (χ2v) is 3.82. The Kier molecular flexibility index (Phi) is 5.05. The predicted octanol–water partition coefficient (Wildman–Crippen LogP) is 1.76. The molecule has 1 N–H and O–H groups in total. The number of benzene rings is 1. The Labute approximate surface area is 110 Å². The van der Waals surface area contributed by atoms with Gasteiger partial charge in [-0.2, -0.15) is 0 Å². The number of carbonyl (C=O) groups excluding carboxylic acids is 2. The molecule has 0 saturated heterocycles. The normalized spacial score (nSPS) is 11.5. The lowest BCUT2D eigenvalue weighted by Crippen LogP contribution is -2.44. The van der Waals surface area contributed by atoms with Crippen LogP contribution in [0.2, 0.25) is 0 Å². The van der Waals surface area contributed by atoms with Gasteiger partial charge in [0, 0.05) is 6.54 Å². The molecule has 6 nitrogen and oxygen atoms in total. The summed E-state index contributed by atoms with van der Waals surface area (Å²) >= 11 is 0. The molecule has 0 bridgehead atoms. The first-order chi connectivity index (χ1) is 8.97. The van der Waals surface area contributed by atoms with Crippen LogP contribution in [0.15, 0.2) is 30.3 Å². The molecule has 0 aliphatic rings. The molecule has 0 fully saturated rings. The van der Waals surface area contributed by atoms with E-state index in [0.29, 0.717) is 0 Å². The van der Waals surface area contributed by atoms with E-state index in [1.54, 1.807) is 25.1 Å². The van der Waals surface area contributed by atoms with Crippen LogP contribution in [0.3, 0.4) is 0 Å². The summed E-state index contributed by atoms with van der Waals surface area (Å²) in [5.41, 5.74) is 0.231. The van der Waals surface area contributed by atoms with Crippen LogP contribution in [0.4, 0.5) is 4.79 Å². The first-order valence-corrected chi connectivity index (χ1v) is 5.78. The highest BCUT2D eigenvalue weighted by molar-refractivity contribution is 5.97. The van der Waals surface area contributed by atoms with Gasteiger partial charge in [0.05, 0.1) is 5.56 Å². The zero-order valence-electron chi connectivity index (χ0n) is 10.7. The Morgan fingerprint density at radius 2 is 1.84 bits per heavy atom. The van der Waals surface area contributed by atoms with E-state index in [-0.39, 0.29) is 12.1 Å². The molecule has 0 saturated carbocycles. The highest BCUT2D eigenvalue weighted by Crippen LogP contribution is 2.06. The van der Waals surface area contributed by atoms with E-state index < -0.39 is 24.1 Å². The van der Waals surface area contributed by atoms with Crippen LogP contribution in [-0.4, -0.2) is 40.6 Å². The number of carbonyl (C=O) groups is 3. The summed E-state index contributed by atoms with van der Waals surface area (Å²) < 4.78 is 4.65. The molecule has 0 aliphatic heterocycles. The molecular formula is C13H15NO5. The van der Waals surface area contributed by atoms with Crippen molar-refractivity contribution in [1.29, 1.82) is 0 Å². The summed E-state index contributed by atoms with van der Waals surface area (Å²) in [6, 6.07) is 6.96. The van der Waals surface area contributed by atoms with Gasteiger partial charge in [0.15, 0.2) is 0 Å². The van der Waals surface area contributed by atoms with Gasteiger partial charge in [-0.25, -0.2) is 14.4 Å². The van der Waals surface area contributed by atoms with Crippen molar-refractivity contribution in [3.63, 3.8) is 0 Å². The Morgan fingerprint density at radius 1 is 1.26 bits per heavy atom. The van der Waals surface area contributed by atoms with Gasteiger partial charge in [0.2, 0.25) is 0 Å². The van der Waals surface area contributed by atoms with Crippen LogP contribution < -0.4 is 0 Å². The monoisotopic (exact) mass is 265 g/mol. The van der Waals surface area contributed by atoms with Crippen LogP contribution >= 0.6 is 0 Å². The first kappa shape index (κ1) is 14.7. The van der Waals surface area contributed by atoms with Gasteiger partial charge >= 0.3 is 18.0 Å². The summed E-state index contributed by atoms with van der Waals surface area (Å²) in [5, 5.41) is 8.85. The zero-order valence-corrected chi connectivity index (χ0v) is 10.7. The van der Waals surface area contributed by atoms with Crippen molar-refractivity contribution >= 4 is 18.0 Å². The van der Waals surface area contributed by atoms with Crippen molar-refractivity contribution in [2.75, 3.05) is 6.54 Å². The van der Waals surface area contributed by atoms with Crippen molar-refractivity contribution < 1.29 is 24.2 Å². The second-order valence-electron chi connectivity index (χ2n) is 3.82. The van der Waals surface area contributed by atoms with Crippen LogP contribution in [0.5, 0.6) is 0 Å². The maximum Gasteiger partial charge on any atom is 0.418 e. The molecule has 0 radical (unpaired) electrons. The molecule has 0 unspecified atom stereocenters. The summed E-state index contributed by atoms with van der Waals surface area (Å²) in [4.78, 5) is 35.2. The minimum atomic E-state index is -1.16. The molecule has 0 aromatic heterocycles. The molecule has 1 rings (SSSR count). The minimum Gasteiger partial charge on any atom is -0.480 e. The Bertz CT molecular complexity index is 471. The van der Waals surface area contributed by atoms with Gasteiger partial charge in [-0.15, -0.1) is 0 Å². The van der Waals surface area contributed by atoms with E-state index in [9.17, 15) is 14.4 Å². The lowest BCUT2D eigenvalue weighted by atomic mass is 10.2. The summed E-state index contributed by atoms with van der Waals surface area (Å²) in [6.07, 6.45) is -0.966. The van der Waals surface area contributed by atoms with E-state index >= 15 is 0 Å². The van der Waals surface area contributed by atoms with Crippen LogP contribution in [-0.2, 0) is 9.53 Å². The molecule has 0 heterocycles. The number of hydrogen-bond donors (Lipinski definition) is 1. The van der Waals surface area contributed by atoms with E-state index in [1.807, 2.05) is 0 Å². The number of carboxylic acids is 1. The molecule has 102 valence electrons. The number of hydrogen-bond acceptors (Lipinski definition) is 4. The van der Waals surface area contributed by atoms with E-state index in [1.165, 1.54) is 19.1 Å². The van der Waals surface area contributed by atoms with Crippen molar-refractivity contribution in [3.05, 3.63) is 35.9 Å². The lowest BCUT2D eigenvalue weighted by Gasteiger charge is -2.23. The van der Waals surface area contributed by atoms with Crippen LogP contribution in [0.25, 0.3) is 0 Å². The number of aliphatic carboxylic acids is 1. The maximum atomic E-state index is 11.7. The van der Waals surface area contributed by atoms with Gasteiger partial charge in [-0.3, -0.25) is 4.90 Å². The van der Waals surface area contributed by atoms with E-state index in [2.05, 4.69) is 4.74 Å². The maximum absolute atomic E-state index is 11.7. The van der Waals surface area contributed by atoms with Crippen LogP contribution in [0, 0.1) is 0 Å². The number of nitrogens with zero attached hydrogens (tertiary/aromatic N) is 1. The Morgan fingerprint density at radius 3 is 2.32 bits per heavy atom. The molecule has 1 aromatic rings. The molecule has 1 atom stereocenters. The number of esters is 1. The van der Waals surface area contributed by atoms with E-state index in [4.69, 9.17) is 5.11 Å². The standard InChI is InChI=1S/C13H15NO5/c1-3-14(9(2)11(15)16)13(18)19-12(17)10-7-5-4-6-8-10/h4-9H,3H2,1-2H3,(H,15,16)/t9-/m1/s1. The first-order valence-electron chi connectivity index (χ1n) is 5.78. The average molecular weight is 265 g/mol. The summed E-state index contributed by atoms with van der Waals surface area (Å²) in [6.45, 7) is 3.09. The number of rotatable bonds is 4. The fourth-order valence-corrected chi connectivity index (χ4v) is 1.47. The molecule has 19 heavy (non-hydrogen) atoms. The van der Waals surface area contributed by atoms with Crippen LogP contribution in [0.1, 0.15) is 24.2 Å². The van der Waals surface area contributed by atoms with Crippen molar-refractivity contribution in [3.8, 4) is 0 Å². The number of amides is 1. The predicted molar refractivity (Wildman–Crippen MR) is 66.7 cm³/mol. The Hall–Kier alpha value is -2.37. The number of likely N-dealkylation sites (N-methyl/N-ethyl adjacent to an activating group) is 1. The van der Waals surface area contributed by atoms with E-state index in [0.717, 1.165) is 4.90 Å². The fraction of sp³-hybridized carbons (Fsp3) is 0.308. The van der Waals surface area contributed by atoms with Gasteiger partial charge in [-0.05, 0) is 26.0 Å². The SMILES string of the molecule is CCN(C(=O)OC(=O)c1ccccc1)[C@H](C)C(=O)O. The van der Waals surface area contributed by atoms with Gasteiger partial charge in [0.25, 0.3) is 0 Å². The number of carboxylic acid groups (broad SMARTS) is 1. The molecule has 1 amide bonds.